The molecule has 4 heteroatoms. The van der Waals surface area contributed by atoms with Gasteiger partial charge in [-0.15, -0.1) is 0 Å². The van der Waals surface area contributed by atoms with E-state index < -0.39 is 0 Å². The van der Waals surface area contributed by atoms with Crippen molar-refractivity contribution in [2.45, 2.75) is 18.2 Å². The van der Waals surface area contributed by atoms with E-state index >= 15 is 0 Å². The third kappa shape index (κ3) is 1.96. The highest BCUT2D eigenvalue weighted by molar-refractivity contribution is 7.98. The van der Waals surface area contributed by atoms with Crippen LogP contribution in [0.25, 0.3) is 0 Å². The zero-order valence-corrected chi connectivity index (χ0v) is 9.44. The first kappa shape index (κ1) is 10.8. The second-order valence-electron chi connectivity index (χ2n) is 3.59. The van der Waals surface area contributed by atoms with Gasteiger partial charge in [0.15, 0.2) is 0 Å². The minimum Gasteiger partial charge on any atom is -0.496 e. The molecular weight excluding hydrogens is 213 g/mol. The summed E-state index contributed by atoms with van der Waals surface area (Å²) in [6.45, 7) is 0. The van der Waals surface area contributed by atoms with Crippen LogP contribution >= 0.6 is 11.8 Å². The second kappa shape index (κ2) is 4.41. The number of benzene rings is 1. The molecule has 0 amide bonds. The number of hydrogen-bond acceptors (Lipinski definition) is 3. The lowest BCUT2D eigenvalue weighted by atomic mass is 9.98. The average molecular weight is 227 g/mol. The van der Waals surface area contributed by atoms with Crippen molar-refractivity contribution >= 4 is 11.8 Å². The van der Waals surface area contributed by atoms with Crippen LogP contribution in [0.3, 0.4) is 0 Å². The van der Waals surface area contributed by atoms with E-state index in [0.29, 0.717) is 5.56 Å². The average Bonchev–Trinajstić information content (AvgIpc) is 2.42. The Morgan fingerprint density at radius 3 is 3.07 bits per heavy atom. The summed E-state index contributed by atoms with van der Waals surface area (Å²) in [7, 11) is 1.61. The van der Waals surface area contributed by atoms with E-state index in [4.69, 9.17) is 10.5 Å². The van der Waals surface area contributed by atoms with Crippen LogP contribution in [0.1, 0.15) is 23.6 Å². The quantitative estimate of drug-likeness (QED) is 0.800. The number of rotatable bonds is 1. The molecular formula is C11H14FNOS. The zero-order valence-electron chi connectivity index (χ0n) is 8.63. The van der Waals surface area contributed by atoms with E-state index in [1.807, 2.05) is 0 Å². The standard InChI is InChI=1S/C11H14FNOS/c1-14-10-3-2-8(12)11-7(10)6-15-5-4-9(11)13/h2-3,9H,4-6,13H2,1H3/t9-/m1/s1. The van der Waals surface area contributed by atoms with Gasteiger partial charge in [-0.25, -0.2) is 4.39 Å². The Kier molecular flexibility index (Phi) is 3.17. The van der Waals surface area contributed by atoms with Crippen molar-refractivity contribution in [3.05, 3.63) is 29.1 Å². The minimum absolute atomic E-state index is 0.204. The molecule has 82 valence electrons. The Labute approximate surface area is 93.0 Å². The lowest BCUT2D eigenvalue weighted by Gasteiger charge is -2.15. The van der Waals surface area contributed by atoms with E-state index in [-0.39, 0.29) is 11.9 Å². The molecule has 0 aromatic heterocycles. The van der Waals surface area contributed by atoms with Gasteiger partial charge >= 0.3 is 0 Å². The molecule has 0 unspecified atom stereocenters. The largest absolute Gasteiger partial charge is 0.496 e. The highest BCUT2D eigenvalue weighted by atomic mass is 32.2. The van der Waals surface area contributed by atoms with Crippen LogP contribution in [-0.2, 0) is 5.75 Å². The fraction of sp³-hybridized carbons (Fsp3) is 0.455. The normalized spacial score (nSPS) is 20.6. The van der Waals surface area contributed by atoms with Crippen LogP contribution in [-0.4, -0.2) is 12.9 Å². The van der Waals surface area contributed by atoms with Crippen molar-refractivity contribution in [3.8, 4) is 5.75 Å². The highest BCUT2D eigenvalue weighted by Gasteiger charge is 2.22. The fourth-order valence-electron chi connectivity index (χ4n) is 1.89. The molecule has 1 aliphatic rings. The number of ether oxygens (including phenoxy) is 1. The molecule has 1 aromatic carbocycles. The SMILES string of the molecule is COc1ccc(F)c2c1CSCC[C@H]2N. The first-order chi connectivity index (χ1) is 7.24. The monoisotopic (exact) mass is 227 g/mol. The summed E-state index contributed by atoms with van der Waals surface area (Å²) in [6.07, 6.45) is 0.821. The van der Waals surface area contributed by atoms with Crippen molar-refractivity contribution in [2.24, 2.45) is 5.73 Å². The van der Waals surface area contributed by atoms with E-state index in [9.17, 15) is 4.39 Å². The Hall–Kier alpha value is -0.740. The topological polar surface area (TPSA) is 35.2 Å². The predicted molar refractivity (Wildman–Crippen MR) is 60.7 cm³/mol. The molecule has 0 saturated heterocycles. The smallest absolute Gasteiger partial charge is 0.128 e. The Morgan fingerprint density at radius 1 is 1.53 bits per heavy atom. The molecule has 2 N–H and O–H groups in total. The molecule has 0 fully saturated rings. The maximum absolute atomic E-state index is 13.7. The molecule has 1 atom stereocenters. The number of fused-ring (bicyclic) bond motifs is 1. The molecule has 2 rings (SSSR count). The molecule has 0 spiro atoms. The van der Waals surface area contributed by atoms with Crippen LogP contribution < -0.4 is 10.5 Å². The first-order valence-corrected chi connectivity index (χ1v) is 6.08. The molecule has 1 aromatic rings. The number of halogens is 1. The van der Waals surface area contributed by atoms with Gasteiger partial charge in [-0.2, -0.15) is 11.8 Å². The van der Waals surface area contributed by atoms with Crippen LogP contribution in [0.5, 0.6) is 5.75 Å². The molecule has 2 nitrogen and oxygen atoms in total. The Bertz CT molecular complexity index is 370. The summed E-state index contributed by atoms with van der Waals surface area (Å²) >= 11 is 1.77. The van der Waals surface area contributed by atoms with Crippen molar-refractivity contribution in [3.63, 3.8) is 0 Å². The van der Waals surface area contributed by atoms with Gasteiger partial charge in [0.05, 0.1) is 7.11 Å². The van der Waals surface area contributed by atoms with Gasteiger partial charge in [0.2, 0.25) is 0 Å². The van der Waals surface area contributed by atoms with E-state index in [2.05, 4.69) is 0 Å². The maximum Gasteiger partial charge on any atom is 0.128 e. The van der Waals surface area contributed by atoms with Gasteiger partial charge in [-0.3, -0.25) is 0 Å². The van der Waals surface area contributed by atoms with Crippen LogP contribution in [0.4, 0.5) is 4.39 Å². The maximum atomic E-state index is 13.7. The minimum atomic E-state index is -0.208. The highest BCUT2D eigenvalue weighted by Crippen LogP contribution is 2.36. The van der Waals surface area contributed by atoms with Gasteiger partial charge in [0.25, 0.3) is 0 Å². The third-order valence-electron chi connectivity index (χ3n) is 2.67. The molecule has 1 heterocycles. The summed E-state index contributed by atoms with van der Waals surface area (Å²) in [5.41, 5.74) is 7.52. The van der Waals surface area contributed by atoms with E-state index in [1.165, 1.54) is 6.07 Å². The van der Waals surface area contributed by atoms with Crippen molar-refractivity contribution in [1.29, 1.82) is 0 Å². The van der Waals surface area contributed by atoms with Crippen LogP contribution in [0.15, 0.2) is 12.1 Å². The molecule has 0 aliphatic carbocycles. The summed E-state index contributed by atoms with van der Waals surface area (Å²) in [6, 6.07) is 2.91. The van der Waals surface area contributed by atoms with Gasteiger partial charge in [-0.05, 0) is 24.3 Å². The summed E-state index contributed by atoms with van der Waals surface area (Å²) in [5, 5.41) is 0. The zero-order chi connectivity index (χ0) is 10.8. The van der Waals surface area contributed by atoms with Crippen molar-refractivity contribution < 1.29 is 9.13 Å². The molecule has 15 heavy (non-hydrogen) atoms. The lowest BCUT2D eigenvalue weighted by Crippen LogP contribution is -2.14. The molecule has 1 aliphatic heterocycles. The van der Waals surface area contributed by atoms with Crippen molar-refractivity contribution in [1.82, 2.24) is 0 Å². The summed E-state index contributed by atoms with van der Waals surface area (Å²) in [5.74, 6) is 2.29. The van der Waals surface area contributed by atoms with Crippen LogP contribution in [0.2, 0.25) is 0 Å². The Balaban J connectivity index is 2.55. The Morgan fingerprint density at radius 2 is 2.33 bits per heavy atom. The number of thioether (sulfide) groups is 1. The van der Waals surface area contributed by atoms with Crippen molar-refractivity contribution in [2.75, 3.05) is 12.9 Å². The molecule has 0 bridgehead atoms. The molecule has 0 radical (unpaired) electrons. The van der Waals surface area contributed by atoms with Gasteiger partial charge in [0, 0.05) is 22.9 Å². The first-order valence-electron chi connectivity index (χ1n) is 4.92. The van der Waals surface area contributed by atoms with Crippen LogP contribution in [0, 0.1) is 5.82 Å². The number of methoxy groups -OCH3 is 1. The number of hydrogen-bond donors (Lipinski definition) is 1. The third-order valence-corrected chi connectivity index (χ3v) is 3.69. The summed E-state index contributed by atoms with van der Waals surface area (Å²) < 4.78 is 18.9. The van der Waals surface area contributed by atoms with E-state index in [1.54, 1.807) is 24.9 Å². The lowest BCUT2D eigenvalue weighted by molar-refractivity contribution is 0.408. The fourth-order valence-corrected chi connectivity index (χ4v) is 2.95. The van der Waals surface area contributed by atoms with E-state index in [0.717, 1.165) is 29.2 Å². The second-order valence-corrected chi connectivity index (χ2v) is 4.69. The molecule has 0 saturated carbocycles. The van der Waals surface area contributed by atoms with Gasteiger partial charge < -0.3 is 10.5 Å². The predicted octanol–water partition coefficient (Wildman–Crippen LogP) is 2.47. The van der Waals surface area contributed by atoms with Gasteiger partial charge in [-0.1, -0.05) is 0 Å². The summed E-state index contributed by atoms with van der Waals surface area (Å²) in [4.78, 5) is 0. The number of nitrogens with two attached hydrogens (primary N) is 1. The van der Waals surface area contributed by atoms with Gasteiger partial charge in [0.1, 0.15) is 11.6 Å².